The van der Waals surface area contributed by atoms with E-state index < -0.39 is 82.7 Å². The van der Waals surface area contributed by atoms with Crippen molar-refractivity contribution in [1.29, 1.82) is 0 Å². The molecule has 0 radical (unpaired) electrons. The van der Waals surface area contributed by atoms with Gasteiger partial charge in [-0.15, -0.1) is 0 Å². The summed E-state index contributed by atoms with van der Waals surface area (Å²) in [6.07, 6.45) is 0.512. The third-order valence-corrected chi connectivity index (χ3v) is 15.2. The number of anilines is 1. The van der Waals surface area contributed by atoms with Gasteiger partial charge in [0.15, 0.2) is 12.4 Å². The summed E-state index contributed by atoms with van der Waals surface area (Å²) in [7, 11) is 0. The highest BCUT2D eigenvalue weighted by molar-refractivity contribution is 5.98. The zero-order chi connectivity index (χ0) is 69.8. The first-order valence-corrected chi connectivity index (χ1v) is 32.2. The minimum absolute atomic E-state index is 0.00181. The molecule has 31 nitrogen and oxygen atoms in total. The lowest BCUT2D eigenvalue weighted by Crippen LogP contribution is -2.54. The van der Waals surface area contributed by atoms with Gasteiger partial charge in [-0.2, -0.15) is 0 Å². The molecule has 5 amide bonds. The topological polar surface area (TPSA) is 393 Å². The fourth-order valence-corrected chi connectivity index (χ4v) is 10.1. The van der Waals surface area contributed by atoms with E-state index >= 15 is 8.78 Å². The predicted molar refractivity (Wildman–Crippen MR) is 343 cm³/mol. The Balaban J connectivity index is 0.818. The zero-order valence-electron chi connectivity index (χ0n) is 55.3. The number of amides is 5. The van der Waals surface area contributed by atoms with Crippen LogP contribution >= 0.6 is 0 Å². The highest BCUT2D eigenvalue weighted by Gasteiger charge is 2.45. The maximum absolute atomic E-state index is 15.8. The fourth-order valence-electron chi connectivity index (χ4n) is 10.1. The summed E-state index contributed by atoms with van der Waals surface area (Å²) >= 11 is 0. The van der Waals surface area contributed by atoms with Gasteiger partial charge >= 0.3 is 12.0 Å². The SMILES string of the molecule is CCc1c2c(nc3ccc(OCc4c(F)cc(NC(=O)[C@H](CCCNC(N)=O)NC(=O)[C@@H](NC(=O)CCOCCOCCOCCOCCOOCOCCOCCOCCOCCOCCOCCN=[N+]=[N-])C(C)C)cc4F)cc13)-c1cc3c(c(=O)n1C2)COC(=O)[C@]3(O)CC. The number of urea groups is 1. The number of halogens is 2. The number of rotatable bonds is 51. The number of benzene rings is 2. The van der Waals surface area contributed by atoms with E-state index in [1.165, 1.54) is 0 Å². The molecule has 0 saturated heterocycles. The standard InChI is InChI=1S/C64H90F2N10O21/c1-5-45-46-36-44(9-10-53(46)72-58-47(45)38-76-55(58)37-50-48(61(76)80)39-95-62(81)64(50,83)6-2)94-40-49-51(65)34-43(35-52(49)66)71-59(78)54(8-7-12-69-63(67)82)73-60(79)57(42(3)4)74-56(77)11-14-84-16-18-86-20-22-90-28-29-92-32-33-96-97-41-93-31-30-91-27-26-89-25-24-88-23-21-87-19-17-85-15-13-70-75-68/h9-10,34-37,42,54,57,83H,5-8,11-33,38-41H2,1-4H3,(H,71,78)(H,73,79)(H,74,77)(H3,67,69,82)/t54-,57-,64-/m0/s1. The Morgan fingerprint density at radius 1 is 0.742 bits per heavy atom. The van der Waals surface area contributed by atoms with Crippen molar-refractivity contribution in [2.75, 3.05) is 157 Å². The number of hydrogen-bond acceptors (Lipinski definition) is 23. The van der Waals surface area contributed by atoms with Gasteiger partial charge in [0.2, 0.25) is 17.7 Å². The third-order valence-electron chi connectivity index (χ3n) is 15.2. The van der Waals surface area contributed by atoms with Gasteiger partial charge in [-0.1, -0.05) is 32.8 Å². The van der Waals surface area contributed by atoms with Crippen molar-refractivity contribution >= 4 is 46.3 Å². The van der Waals surface area contributed by atoms with E-state index in [1.54, 1.807) is 49.6 Å². The van der Waals surface area contributed by atoms with Crippen molar-refractivity contribution < 1.29 is 104 Å². The van der Waals surface area contributed by atoms with Crippen LogP contribution in [0.2, 0.25) is 0 Å². The van der Waals surface area contributed by atoms with Gasteiger partial charge in [-0.3, -0.25) is 19.2 Å². The minimum Gasteiger partial charge on any atom is -0.489 e. The molecule has 4 heterocycles. The number of azide groups is 1. The van der Waals surface area contributed by atoms with E-state index in [-0.39, 0.29) is 114 Å². The summed E-state index contributed by atoms with van der Waals surface area (Å²) in [4.78, 5) is 95.9. The number of nitrogens with zero attached hydrogens (tertiary/aromatic N) is 5. The molecule has 536 valence electrons. The molecule has 2 aliphatic rings. The average molecular weight is 1370 g/mol. The van der Waals surface area contributed by atoms with E-state index in [9.17, 15) is 33.9 Å². The monoisotopic (exact) mass is 1370 g/mol. The number of aliphatic hydroxyl groups is 1. The van der Waals surface area contributed by atoms with Gasteiger partial charge in [0.1, 0.15) is 49.3 Å². The van der Waals surface area contributed by atoms with Crippen molar-refractivity contribution in [2.24, 2.45) is 16.8 Å². The highest BCUT2D eigenvalue weighted by Crippen LogP contribution is 2.41. The number of hydrogen-bond donors (Lipinski definition) is 6. The predicted octanol–water partition coefficient (Wildman–Crippen LogP) is 4.28. The number of carbonyl (C=O) groups is 5. The number of carbonyl (C=O) groups excluding carboxylic acids is 5. The maximum Gasteiger partial charge on any atom is 0.343 e. The Hall–Kier alpha value is -7.60. The van der Waals surface area contributed by atoms with E-state index in [2.05, 4.69) is 31.3 Å². The largest absolute Gasteiger partial charge is 0.489 e. The number of cyclic esters (lactones) is 1. The van der Waals surface area contributed by atoms with Crippen molar-refractivity contribution in [1.82, 2.24) is 25.5 Å². The van der Waals surface area contributed by atoms with Gasteiger partial charge < -0.3 is 93.5 Å². The molecule has 6 rings (SSSR count). The van der Waals surface area contributed by atoms with E-state index in [0.717, 1.165) is 23.3 Å². The lowest BCUT2D eigenvalue weighted by Gasteiger charge is -2.31. The van der Waals surface area contributed by atoms with Gasteiger partial charge in [-0.05, 0) is 79.1 Å². The van der Waals surface area contributed by atoms with Crippen LogP contribution in [-0.2, 0) is 113 Å². The molecule has 7 N–H and O–H groups in total. The first-order valence-electron chi connectivity index (χ1n) is 32.2. The minimum atomic E-state index is -1.98. The summed E-state index contributed by atoms with van der Waals surface area (Å²) in [5.41, 5.74) is 13.8. The molecule has 2 aromatic carbocycles. The van der Waals surface area contributed by atoms with Gasteiger partial charge in [0.25, 0.3) is 5.56 Å². The Bertz CT molecular complexity index is 3270. The van der Waals surface area contributed by atoms with Crippen LogP contribution in [-0.4, -0.2) is 208 Å². The van der Waals surface area contributed by atoms with Crippen LogP contribution in [0.4, 0.5) is 19.3 Å². The van der Waals surface area contributed by atoms with Crippen LogP contribution in [0.3, 0.4) is 0 Å². The van der Waals surface area contributed by atoms with Crippen LogP contribution in [0.25, 0.3) is 32.7 Å². The molecule has 0 fully saturated rings. The molecule has 0 spiro atoms. The first-order chi connectivity index (χ1) is 47.0. The molecule has 33 heteroatoms. The summed E-state index contributed by atoms with van der Waals surface area (Å²) in [5.74, 6) is -5.15. The Morgan fingerprint density at radius 2 is 1.32 bits per heavy atom. The van der Waals surface area contributed by atoms with Crippen molar-refractivity contribution in [3.63, 3.8) is 0 Å². The summed E-state index contributed by atoms with van der Waals surface area (Å²) in [5, 5.41) is 25.5. The van der Waals surface area contributed by atoms with Crippen molar-refractivity contribution in [3.8, 4) is 17.1 Å². The molecule has 2 aliphatic heterocycles. The molecular formula is C64H90F2N10O21. The number of nitrogens with two attached hydrogens (primary N) is 1. The molecule has 97 heavy (non-hydrogen) atoms. The van der Waals surface area contributed by atoms with Crippen LogP contribution in [0.1, 0.15) is 81.2 Å². The third kappa shape index (κ3) is 25.3. The highest BCUT2D eigenvalue weighted by atomic mass is 19.1. The normalized spacial score (nSPS) is 14.5. The number of nitrogens with one attached hydrogen (secondary N) is 4. The number of aryl methyl sites for hydroxylation is 1. The van der Waals surface area contributed by atoms with E-state index in [4.69, 9.17) is 82.9 Å². The maximum atomic E-state index is 15.8. The van der Waals surface area contributed by atoms with Gasteiger partial charge in [0, 0.05) is 46.6 Å². The molecule has 3 atom stereocenters. The van der Waals surface area contributed by atoms with Crippen LogP contribution in [0.5, 0.6) is 5.75 Å². The Morgan fingerprint density at radius 3 is 1.89 bits per heavy atom. The number of esters is 1. The van der Waals surface area contributed by atoms with Crippen LogP contribution in [0.15, 0.2) is 46.3 Å². The summed E-state index contributed by atoms with van der Waals surface area (Å²) in [6, 6.07) is 5.20. The van der Waals surface area contributed by atoms with E-state index in [0.29, 0.717) is 128 Å². The van der Waals surface area contributed by atoms with Crippen LogP contribution in [0, 0.1) is 17.6 Å². The van der Waals surface area contributed by atoms with Gasteiger partial charge in [0.05, 0.1) is 160 Å². The van der Waals surface area contributed by atoms with Crippen molar-refractivity contribution in [3.05, 3.63) is 96.6 Å². The number of pyridine rings is 2. The molecule has 0 unspecified atom stereocenters. The van der Waals surface area contributed by atoms with Crippen LogP contribution < -0.4 is 37.3 Å². The number of ether oxygens (including phenoxy) is 12. The molecule has 0 aliphatic carbocycles. The fraction of sp³-hybridized carbons (Fsp3) is 0.609. The molecule has 2 aromatic heterocycles. The second-order valence-electron chi connectivity index (χ2n) is 22.2. The summed E-state index contributed by atoms with van der Waals surface area (Å²) in [6.45, 7) is 13.1. The molecule has 0 bridgehead atoms. The van der Waals surface area contributed by atoms with E-state index in [1.807, 2.05) is 6.92 Å². The first kappa shape index (κ1) is 78.4. The second-order valence-corrected chi connectivity index (χ2v) is 22.2. The average Bonchev–Trinajstić information content (AvgIpc) is 1.61. The van der Waals surface area contributed by atoms with Crippen molar-refractivity contribution in [2.45, 2.75) is 97.2 Å². The number of aromatic nitrogens is 2. The molecular weight excluding hydrogens is 1280 g/mol. The Labute approximate surface area is 559 Å². The lowest BCUT2D eigenvalue weighted by atomic mass is 9.86. The quantitative estimate of drug-likeness (QED) is 0.00462. The summed E-state index contributed by atoms with van der Waals surface area (Å²) < 4.78 is 98.5. The Kier molecular flexibility index (Phi) is 34.7. The number of fused-ring (bicyclic) bond motifs is 5. The number of primary amides is 1. The van der Waals surface area contributed by atoms with Gasteiger partial charge in [-0.25, -0.2) is 33.1 Å². The molecule has 0 saturated carbocycles. The zero-order valence-corrected chi connectivity index (χ0v) is 55.3. The molecule has 4 aromatic rings. The lowest BCUT2D eigenvalue weighted by molar-refractivity contribution is -0.340. The second kappa shape index (κ2) is 42.9. The smallest absolute Gasteiger partial charge is 0.343 e.